The van der Waals surface area contributed by atoms with Crippen molar-refractivity contribution in [2.75, 3.05) is 26.8 Å². The van der Waals surface area contributed by atoms with Crippen LogP contribution in [0.4, 0.5) is 0 Å². The predicted octanol–water partition coefficient (Wildman–Crippen LogP) is 0.222. The van der Waals surface area contributed by atoms with Crippen molar-refractivity contribution in [1.29, 1.82) is 0 Å². The summed E-state index contributed by atoms with van der Waals surface area (Å²) in [6, 6.07) is 0. The maximum absolute atomic E-state index is 11.8. The number of ether oxygens (including phenoxy) is 1. The van der Waals surface area contributed by atoms with E-state index in [1.165, 1.54) is 0 Å². The quantitative estimate of drug-likeness (QED) is 0.758. The van der Waals surface area contributed by atoms with Gasteiger partial charge in [0.2, 0.25) is 5.82 Å². The van der Waals surface area contributed by atoms with Crippen LogP contribution >= 0.6 is 0 Å². The Hall–Kier alpha value is -1.43. The summed E-state index contributed by atoms with van der Waals surface area (Å²) >= 11 is 0. The van der Waals surface area contributed by atoms with Gasteiger partial charge in [0, 0.05) is 20.2 Å². The Labute approximate surface area is 88.6 Å². The number of amides is 1. The lowest BCUT2D eigenvalue weighted by Gasteiger charge is -2.18. The number of hydrogen-bond acceptors (Lipinski definition) is 4. The summed E-state index contributed by atoms with van der Waals surface area (Å²) in [7, 11) is 1.61. The number of nitrogens with one attached hydrogen (secondary N) is 1. The highest BCUT2D eigenvalue weighted by Crippen LogP contribution is 1.99. The highest BCUT2D eigenvalue weighted by Gasteiger charge is 2.17. The van der Waals surface area contributed by atoms with Crippen LogP contribution in [-0.2, 0) is 4.74 Å². The largest absolute Gasteiger partial charge is 0.383 e. The maximum Gasteiger partial charge on any atom is 0.293 e. The van der Waals surface area contributed by atoms with Gasteiger partial charge in [-0.05, 0) is 13.8 Å². The van der Waals surface area contributed by atoms with E-state index in [0.29, 0.717) is 25.5 Å². The van der Waals surface area contributed by atoms with E-state index in [0.717, 1.165) is 0 Å². The average Bonchev–Trinajstić information content (AvgIpc) is 2.65. The lowest BCUT2D eigenvalue weighted by molar-refractivity contribution is 0.0695. The van der Waals surface area contributed by atoms with Gasteiger partial charge in [0.1, 0.15) is 5.82 Å². The number of aryl methyl sites for hydroxylation is 1. The number of hydrogen-bond donors (Lipinski definition) is 1. The Balaban J connectivity index is 2.64. The molecule has 0 spiro atoms. The van der Waals surface area contributed by atoms with Crippen molar-refractivity contribution in [3.05, 3.63) is 11.6 Å². The van der Waals surface area contributed by atoms with E-state index in [9.17, 15) is 4.79 Å². The Kier molecular flexibility index (Phi) is 4.23. The Bertz CT molecular complexity index is 324. The van der Waals surface area contributed by atoms with Crippen LogP contribution in [0.2, 0.25) is 0 Å². The van der Waals surface area contributed by atoms with Crippen molar-refractivity contribution in [2.45, 2.75) is 13.8 Å². The van der Waals surface area contributed by atoms with Crippen LogP contribution in [0.3, 0.4) is 0 Å². The Morgan fingerprint density at radius 2 is 2.33 bits per heavy atom. The summed E-state index contributed by atoms with van der Waals surface area (Å²) in [4.78, 5) is 17.5. The van der Waals surface area contributed by atoms with Crippen molar-refractivity contribution in [3.63, 3.8) is 0 Å². The van der Waals surface area contributed by atoms with Crippen LogP contribution in [0, 0.1) is 6.92 Å². The molecule has 1 rings (SSSR count). The minimum absolute atomic E-state index is 0.168. The molecule has 1 aromatic rings. The minimum Gasteiger partial charge on any atom is -0.383 e. The van der Waals surface area contributed by atoms with Crippen LogP contribution in [0.1, 0.15) is 23.4 Å². The number of H-pyrrole nitrogens is 1. The minimum atomic E-state index is -0.168. The topological polar surface area (TPSA) is 71.1 Å². The molecule has 0 saturated heterocycles. The van der Waals surface area contributed by atoms with E-state index in [4.69, 9.17) is 4.74 Å². The molecule has 0 bridgehead atoms. The molecular formula is C9H16N4O2. The number of aromatic amines is 1. The molecule has 6 heteroatoms. The van der Waals surface area contributed by atoms with Gasteiger partial charge in [0.25, 0.3) is 5.91 Å². The SMILES string of the molecule is CCN(CCOC)C(=O)c1n[nH]c(C)n1. The number of carbonyl (C=O) groups is 1. The number of nitrogens with zero attached hydrogens (tertiary/aromatic N) is 3. The molecule has 15 heavy (non-hydrogen) atoms. The second-order valence-electron chi connectivity index (χ2n) is 3.12. The third-order valence-electron chi connectivity index (χ3n) is 2.02. The summed E-state index contributed by atoms with van der Waals surface area (Å²) in [6.45, 7) is 5.36. The third-order valence-corrected chi connectivity index (χ3v) is 2.02. The lowest BCUT2D eigenvalue weighted by Crippen LogP contribution is -2.34. The zero-order chi connectivity index (χ0) is 11.3. The van der Waals surface area contributed by atoms with Gasteiger partial charge in [-0.15, -0.1) is 5.10 Å². The van der Waals surface area contributed by atoms with Crippen LogP contribution in [0.15, 0.2) is 0 Å². The van der Waals surface area contributed by atoms with Gasteiger partial charge >= 0.3 is 0 Å². The summed E-state index contributed by atoms with van der Waals surface area (Å²) in [5, 5.41) is 6.47. The van der Waals surface area contributed by atoms with Gasteiger partial charge < -0.3 is 9.64 Å². The van der Waals surface area contributed by atoms with E-state index >= 15 is 0 Å². The van der Waals surface area contributed by atoms with Crippen LogP contribution < -0.4 is 0 Å². The third kappa shape index (κ3) is 3.02. The molecule has 0 aliphatic heterocycles. The molecule has 1 amide bonds. The van der Waals surface area contributed by atoms with Crippen molar-refractivity contribution < 1.29 is 9.53 Å². The van der Waals surface area contributed by atoms with Gasteiger partial charge in [-0.2, -0.15) is 0 Å². The summed E-state index contributed by atoms with van der Waals surface area (Å²) in [5.74, 6) is 0.686. The number of carbonyl (C=O) groups excluding carboxylic acids is 1. The van der Waals surface area contributed by atoms with E-state index < -0.39 is 0 Å². The van der Waals surface area contributed by atoms with Gasteiger partial charge in [0.05, 0.1) is 6.61 Å². The van der Waals surface area contributed by atoms with Gasteiger partial charge in [-0.1, -0.05) is 0 Å². The molecule has 84 valence electrons. The first-order valence-corrected chi connectivity index (χ1v) is 4.86. The first kappa shape index (κ1) is 11.6. The molecule has 0 unspecified atom stereocenters. The monoisotopic (exact) mass is 212 g/mol. The van der Waals surface area contributed by atoms with Crippen LogP contribution in [0.25, 0.3) is 0 Å². The van der Waals surface area contributed by atoms with Crippen LogP contribution in [-0.4, -0.2) is 52.8 Å². The Morgan fingerprint density at radius 3 is 2.80 bits per heavy atom. The molecule has 6 nitrogen and oxygen atoms in total. The van der Waals surface area contributed by atoms with Gasteiger partial charge in [-0.3, -0.25) is 9.89 Å². The molecule has 0 aliphatic carbocycles. The fourth-order valence-corrected chi connectivity index (χ4v) is 1.18. The summed E-state index contributed by atoms with van der Waals surface area (Å²) < 4.78 is 4.92. The second kappa shape index (κ2) is 5.45. The zero-order valence-corrected chi connectivity index (χ0v) is 9.28. The van der Waals surface area contributed by atoms with E-state index in [2.05, 4.69) is 15.2 Å². The molecule has 0 aromatic carbocycles. The van der Waals surface area contributed by atoms with Crippen molar-refractivity contribution in [1.82, 2.24) is 20.1 Å². The molecule has 0 aliphatic rings. The molecule has 0 fully saturated rings. The summed E-state index contributed by atoms with van der Waals surface area (Å²) in [6.07, 6.45) is 0. The van der Waals surface area contributed by atoms with Crippen molar-refractivity contribution in [3.8, 4) is 0 Å². The smallest absolute Gasteiger partial charge is 0.293 e. The number of methoxy groups -OCH3 is 1. The standard InChI is InChI=1S/C9H16N4O2/c1-4-13(5-6-15-3)9(14)8-10-7(2)11-12-8/h4-6H2,1-3H3,(H,10,11,12). The van der Waals surface area contributed by atoms with Gasteiger partial charge in [0.15, 0.2) is 0 Å². The highest BCUT2D eigenvalue weighted by atomic mass is 16.5. The lowest BCUT2D eigenvalue weighted by atomic mass is 10.4. The normalized spacial score (nSPS) is 10.3. The number of rotatable bonds is 5. The van der Waals surface area contributed by atoms with Crippen LogP contribution in [0.5, 0.6) is 0 Å². The first-order valence-electron chi connectivity index (χ1n) is 4.86. The molecule has 1 aromatic heterocycles. The Morgan fingerprint density at radius 1 is 1.60 bits per heavy atom. The fraction of sp³-hybridized carbons (Fsp3) is 0.667. The average molecular weight is 212 g/mol. The number of aromatic nitrogens is 3. The molecule has 1 N–H and O–H groups in total. The first-order chi connectivity index (χ1) is 7.19. The van der Waals surface area contributed by atoms with Crippen molar-refractivity contribution in [2.24, 2.45) is 0 Å². The van der Waals surface area contributed by atoms with Crippen molar-refractivity contribution >= 4 is 5.91 Å². The second-order valence-corrected chi connectivity index (χ2v) is 3.12. The summed E-state index contributed by atoms with van der Waals surface area (Å²) in [5.41, 5.74) is 0. The molecule has 0 atom stereocenters. The van der Waals surface area contributed by atoms with E-state index in [1.54, 1.807) is 18.9 Å². The maximum atomic E-state index is 11.8. The molecular weight excluding hydrogens is 196 g/mol. The predicted molar refractivity (Wildman–Crippen MR) is 54.6 cm³/mol. The fourth-order valence-electron chi connectivity index (χ4n) is 1.18. The highest BCUT2D eigenvalue weighted by molar-refractivity contribution is 5.90. The van der Waals surface area contributed by atoms with E-state index in [1.807, 2.05) is 6.92 Å². The van der Waals surface area contributed by atoms with E-state index in [-0.39, 0.29) is 11.7 Å². The molecule has 0 radical (unpaired) electrons. The molecule has 1 heterocycles. The number of likely N-dealkylation sites (N-methyl/N-ethyl adjacent to an activating group) is 1. The van der Waals surface area contributed by atoms with Gasteiger partial charge in [-0.25, -0.2) is 4.98 Å². The zero-order valence-electron chi connectivity index (χ0n) is 9.28. The molecule has 0 saturated carbocycles.